The molecular weight excluding hydrogens is 222 g/mol. The summed E-state index contributed by atoms with van der Waals surface area (Å²) in [4.78, 5) is 2.25. The minimum atomic E-state index is 0.698. The minimum Gasteiger partial charge on any atom is -0.493 e. The smallest absolute Gasteiger partial charge is 0.160 e. The number of ether oxygens (including phenoxy) is 1. The molecule has 1 aromatic carbocycles. The van der Waals surface area contributed by atoms with Gasteiger partial charge in [0.2, 0.25) is 0 Å². The molecule has 0 aliphatic carbocycles. The molecule has 2 nitrogen and oxygen atoms in total. The van der Waals surface area contributed by atoms with Crippen LogP contribution < -0.4 is 9.64 Å². The van der Waals surface area contributed by atoms with Gasteiger partial charge in [-0.3, -0.25) is 0 Å². The zero-order valence-electron chi connectivity index (χ0n) is 10.5. The lowest BCUT2D eigenvalue weighted by molar-refractivity contribution is 0.414. The van der Waals surface area contributed by atoms with E-state index in [0.29, 0.717) is 5.02 Å². The van der Waals surface area contributed by atoms with Crippen LogP contribution in [0.15, 0.2) is 12.1 Å². The van der Waals surface area contributed by atoms with E-state index in [4.69, 9.17) is 16.3 Å². The molecule has 0 aliphatic rings. The van der Waals surface area contributed by atoms with Crippen LogP contribution in [0.25, 0.3) is 0 Å². The lowest BCUT2D eigenvalue weighted by Crippen LogP contribution is -2.22. The molecule has 0 aromatic heterocycles. The zero-order chi connectivity index (χ0) is 12.1. The van der Waals surface area contributed by atoms with Crippen molar-refractivity contribution in [3.05, 3.63) is 22.7 Å². The Morgan fingerprint density at radius 2 is 1.81 bits per heavy atom. The van der Waals surface area contributed by atoms with Gasteiger partial charge in [0, 0.05) is 13.1 Å². The Bertz CT molecular complexity index is 348. The number of aryl methyl sites for hydroxylation is 1. The molecule has 3 heteroatoms. The van der Waals surface area contributed by atoms with Gasteiger partial charge >= 0.3 is 0 Å². The molecule has 0 saturated carbocycles. The fraction of sp³-hybridized carbons (Fsp3) is 0.538. The van der Waals surface area contributed by atoms with Crippen LogP contribution >= 0.6 is 11.6 Å². The number of hydrogen-bond acceptors (Lipinski definition) is 2. The van der Waals surface area contributed by atoms with Crippen LogP contribution in [0.3, 0.4) is 0 Å². The second-order valence-electron chi connectivity index (χ2n) is 3.66. The molecule has 0 spiro atoms. The van der Waals surface area contributed by atoms with Crippen molar-refractivity contribution < 1.29 is 4.74 Å². The molecule has 0 heterocycles. The second kappa shape index (κ2) is 6.00. The highest BCUT2D eigenvalue weighted by Crippen LogP contribution is 2.36. The largest absolute Gasteiger partial charge is 0.493 e. The van der Waals surface area contributed by atoms with Gasteiger partial charge in [-0.15, -0.1) is 0 Å². The van der Waals surface area contributed by atoms with Crippen molar-refractivity contribution in [2.75, 3.05) is 25.1 Å². The first-order valence-corrected chi connectivity index (χ1v) is 6.16. The van der Waals surface area contributed by atoms with Crippen molar-refractivity contribution in [2.45, 2.75) is 27.2 Å². The summed E-state index contributed by atoms with van der Waals surface area (Å²) >= 11 is 6.22. The predicted molar refractivity (Wildman–Crippen MR) is 70.9 cm³/mol. The molecule has 0 amide bonds. The lowest BCUT2D eigenvalue weighted by Gasteiger charge is -2.24. The van der Waals surface area contributed by atoms with E-state index in [1.54, 1.807) is 7.11 Å². The van der Waals surface area contributed by atoms with Crippen molar-refractivity contribution in [1.29, 1.82) is 0 Å². The highest BCUT2D eigenvalue weighted by Gasteiger charge is 2.13. The number of hydrogen-bond donors (Lipinski definition) is 0. The Morgan fingerprint density at radius 3 is 2.25 bits per heavy atom. The maximum Gasteiger partial charge on any atom is 0.160 e. The molecule has 0 unspecified atom stereocenters. The topological polar surface area (TPSA) is 12.5 Å². The Balaban J connectivity index is 3.26. The van der Waals surface area contributed by atoms with Crippen LogP contribution in [0.5, 0.6) is 5.75 Å². The highest BCUT2D eigenvalue weighted by atomic mass is 35.5. The number of benzene rings is 1. The first kappa shape index (κ1) is 13.2. The predicted octanol–water partition coefficient (Wildman–Crippen LogP) is 3.76. The summed E-state index contributed by atoms with van der Waals surface area (Å²) in [5.74, 6) is 0.780. The Morgan fingerprint density at radius 1 is 1.19 bits per heavy atom. The third-order valence-electron chi connectivity index (χ3n) is 2.80. The summed E-state index contributed by atoms with van der Waals surface area (Å²) in [7, 11) is 1.67. The molecular formula is C13H20ClNO. The van der Waals surface area contributed by atoms with Gasteiger partial charge < -0.3 is 9.64 Å². The average molecular weight is 242 g/mol. The molecule has 0 radical (unpaired) electrons. The summed E-state index contributed by atoms with van der Waals surface area (Å²) in [5, 5.41) is 0.698. The molecule has 0 aliphatic heterocycles. The van der Waals surface area contributed by atoms with Crippen LogP contribution in [-0.4, -0.2) is 20.2 Å². The Kier molecular flexibility index (Phi) is 4.94. The van der Waals surface area contributed by atoms with Gasteiger partial charge in [0.25, 0.3) is 0 Å². The van der Waals surface area contributed by atoms with E-state index in [0.717, 1.165) is 30.9 Å². The molecule has 0 saturated heterocycles. The van der Waals surface area contributed by atoms with Gasteiger partial charge in [0.1, 0.15) is 0 Å². The van der Waals surface area contributed by atoms with Crippen molar-refractivity contribution >= 4 is 17.3 Å². The monoisotopic (exact) mass is 241 g/mol. The number of anilines is 1. The van der Waals surface area contributed by atoms with E-state index in [9.17, 15) is 0 Å². The molecule has 16 heavy (non-hydrogen) atoms. The fourth-order valence-corrected chi connectivity index (χ4v) is 2.15. The summed E-state index contributed by atoms with van der Waals surface area (Å²) in [6.07, 6.45) is 0.984. The average Bonchev–Trinajstić information content (AvgIpc) is 2.30. The minimum absolute atomic E-state index is 0.698. The lowest BCUT2D eigenvalue weighted by atomic mass is 10.1. The number of methoxy groups -OCH3 is 1. The summed E-state index contributed by atoms with van der Waals surface area (Å²) in [6.45, 7) is 8.31. The van der Waals surface area contributed by atoms with Crippen molar-refractivity contribution in [2.24, 2.45) is 0 Å². The zero-order valence-corrected chi connectivity index (χ0v) is 11.3. The van der Waals surface area contributed by atoms with E-state index in [-0.39, 0.29) is 0 Å². The summed E-state index contributed by atoms with van der Waals surface area (Å²) in [5.41, 5.74) is 2.34. The maximum absolute atomic E-state index is 6.22. The van der Waals surface area contributed by atoms with Gasteiger partial charge in [0.15, 0.2) is 5.75 Å². The quantitative estimate of drug-likeness (QED) is 0.779. The van der Waals surface area contributed by atoms with Gasteiger partial charge in [-0.05, 0) is 38.0 Å². The first-order chi connectivity index (χ1) is 7.67. The third kappa shape index (κ3) is 2.62. The molecule has 0 fully saturated rings. The van der Waals surface area contributed by atoms with Crippen molar-refractivity contribution in [3.8, 4) is 5.75 Å². The third-order valence-corrected chi connectivity index (χ3v) is 3.08. The first-order valence-electron chi connectivity index (χ1n) is 5.79. The fourth-order valence-electron chi connectivity index (χ4n) is 1.84. The number of rotatable bonds is 5. The normalized spacial score (nSPS) is 10.3. The van der Waals surface area contributed by atoms with Gasteiger partial charge in [-0.2, -0.15) is 0 Å². The molecule has 90 valence electrons. The molecule has 0 bridgehead atoms. The highest BCUT2D eigenvalue weighted by molar-refractivity contribution is 6.32. The number of halogens is 1. The van der Waals surface area contributed by atoms with Gasteiger partial charge in [-0.25, -0.2) is 0 Å². The van der Waals surface area contributed by atoms with Crippen LogP contribution in [0.1, 0.15) is 26.3 Å². The second-order valence-corrected chi connectivity index (χ2v) is 4.06. The Hall–Kier alpha value is -0.890. The van der Waals surface area contributed by atoms with Gasteiger partial charge in [0.05, 0.1) is 17.8 Å². The van der Waals surface area contributed by atoms with Crippen molar-refractivity contribution in [3.63, 3.8) is 0 Å². The van der Waals surface area contributed by atoms with Crippen LogP contribution in [0.2, 0.25) is 5.02 Å². The van der Waals surface area contributed by atoms with E-state index in [2.05, 4.69) is 31.7 Å². The van der Waals surface area contributed by atoms with E-state index >= 15 is 0 Å². The number of nitrogens with zero attached hydrogens (tertiary/aromatic N) is 1. The summed E-state index contributed by atoms with van der Waals surface area (Å²) < 4.78 is 5.39. The van der Waals surface area contributed by atoms with Crippen LogP contribution in [0, 0.1) is 0 Å². The van der Waals surface area contributed by atoms with E-state index in [1.165, 1.54) is 5.56 Å². The van der Waals surface area contributed by atoms with Crippen LogP contribution in [-0.2, 0) is 6.42 Å². The Labute approximate surface area is 103 Å². The summed E-state index contributed by atoms with van der Waals surface area (Å²) in [6, 6.07) is 4.14. The molecule has 1 rings (SSSR count). The van der Waals surface area contributed by atoms with Crippen LogP contribution in [0.4, 0.5) is 5.69 Å². The van der Waals surface area contributed by atoms with Gasteiger partial charge in [-0.1, -0.05) is 18.5 Å². The molecule has 1 aromatic rings. The van der Waals surface area contributed by atoms with E-state index < -0.39 is 0 Å². The molecule has 0 N–H and O–H groups in total. The standard InChI is InChI=1S/C13H20ClNO/c1-5-10-8-11(14)13(16-4)12(9-10)15(6-2)7-3/h8-9H,5-7H2,1-4H3. The maximum atomic E-state index is 6.22. The van der Waals surface area contributed by atoms with E-state index in [1.807, 2.05) is 6.07 Å². The molecule has 0 atom stereocenters. The van der Waals surface area contributed by atoms with Crippen molar-refractivity contribution in [1.82, 2.24) is 0 Å². The SMILES string of the molecule is CCc1cc(Cl)c(OC)c(N(CC)CC)c1.